The maximum absolute atomic E-state index is 12.2. The molecule has 0 fully saturated rings. The lowest BCUT2D eigenvalue weighted by Gasteiger charge is -2.20. The number of anilines is 1. The highest BCUT2D eigenvalue weighted by atomic mass is 32.1. The fraction of sp³-hybridized carbons (Fsp3) is 0.368. The number of nitrogens with one attached hydrogen (secondary N) is 1. The second-order valence-electron chi connectivity index (χ2n) is 6.80. The van der Waals surface area contributed by atoms with Crippen molar-refractivity contribution >= 4 is 22.4 Å². The van der Waals surface area contributed by atoms with Crippen molar-refractivity contribution in [3.63, 3.8) is 0 Å². The average molecular weight is 383 g/mol. The molecule has 1 aliphatic heterocycles. The lowest BCUT2D eigenvalue weighted by Crippen LogP contribution is -2.25. The number of rotatable bonds is 5. The van der Waals surface area contributed by atoms with Gasteiger partial charge in [0, 0.05) is 42.8 Å². The van der Waals surface area contributed by atoms with E-state index in [1.807, 2.05) is 31.2 Å². The third-order valence-electron chi connectivity index (χ3n) is 4.51. The Bertz CT molecular complexity index is 947. The van der Waals surface area contributed by atoms with Gasteiger partial charge in [0.2, 0.25) is 17.6 Å². The maximum Gasteiger partial charge on any atom is 0.227 e. The van der Waals surface area contributed by atoms with Gasteiger partial charge in [0.15, 0.2) is 5.13 Å². The van der Waals surface area contributed by atoms with Crippen molar-refractivity contribution in [1.82, 2.24) is 20.0 Å². The molecule has 1 aromatic carbocycles. The van der Waals surface area contributed by atoms with Gasteiger partial charge in [-0.2, -0.15) is 4.98 Å². The maximum atomic E-state index is 12.2. The van der Waals surface area contributed by atoms with Gasteiger partial charge >= 0.3 is 0 Å². The normalized spacial score (nSPS) is 14.1. The largest absolute Gasteiger partial charge is 0.339 e. The minimum atomic E-state index is -0.0930. The number of benzene rings is 1. The van der Waals surface area contributed by atoms with Crippen LogP contribution in [0.25, 0.3) is 11.4 Å². The summed E-state index contributed by atoms with van der Waals surface area (Å²) in [6, 6.07) is 7.92. The molecule has 27 heavy (non-hydrogen) atoms. The summed E-state index contributed by atoms with van der Waals surface area (Å²) in [5, 5.41) is 7.56. The lowest BCUT2D eigenvalue weighted by atomic mass is 10.1. The molecule has 0 radical (unpaired) electrons. The van der Waals surface area contributed by atoms with Gasteiger partial charge in [-0.15, -0.1) is 11.3 Å². The zero-order valence-electron chi connectivity index (χ0n) is 15.4. The average Bonchev–Trinajstić information content (AvgIpc) is 3.26. The second kappa shape index (κ2) is 7.58. The molecule has 2 aromatic heterocycles. The Balaban J connectivity index is 1.33. The molecule has 4 rings (SSSR count). The third kappa shape index (κ3) is 4.23. The van der Waals surface area contributed by atoms with Crippen molar-refractivity contribution in [2.24, 2.45) is 0 Å². The Morgan fingerprint density at radius 1 is 1.30 bits per heavy atom. The van der Waals surface area contributed by atoms with E-state index in [9.17, 15) is 4.79 Å². The van der Waals surface area contributed by atoms with Crippen LogP contribution in [-0.2, 0) is 24.2 Å². The van der Waals surface area contributed by atoms with E-state index in [-0.39, 0.29) is 12.3 Å². The number of hydrogen-bond donors (Lipinski definition) is 1. The molecule has 1 N–H and O–H groups in total. The molecular weight excluding hydrogens is 362 g/mol. The summed E-state index contributed by atoms with van der Waals surface area (Å²) in [7, 11) is 2.09. The number of aromatic nitrogens is 3. The van der Waals surface area contributed by atoms with E-state index in [2.05, 4.69) is 32.4 Å². The van der Waals surface area contributed by atoms with E-state index in [1.54, 1.807) is 11.3 Å². The molecule has 7 nitrogen and oxygen atoms in total. The van der Waals surface area contributed by atoms with Crippen LogP contribution in [0, 0.1) is 6.92 Å². The van der Waals surface area contributed by atoms with Crippen molar-refractivity contribution in [2.75, 3.05) is 18.9 Å². The predicted molar refractivity (Wildman–Crippen MR) is 104 cm³/mol. The van der Waals surface area contributed by atoms with Crippen LogP contribution in [0.2, 0.25) is 0 Å². The van der Waals surface area contributed by atoms with Crippen LogP contribution in [-0.4, -0.2) is 39.5 Å². The summed E-state index contributed by atoms with van der Waals surface area (Å²) in [5.41, 5.74) is 3.18. The van der Waals surface area contributed by atoms with E-state index in [0.29, 0.717) is 23.3 Å². The first-order valence-electron chi connectivity index (χ1n) is 8.93. The fourth-order valence-corrected chi connectivity index (χ4v) is 4.06. The number of nitrogens with zero attached hydrogens (tertiary/aromatic N) is 4. The fourth-order valence-electron chi connectivity index (χ4n) is 2.96. The van der Waals surface area contributed by atoms with Gasteiger partial charge < -0.3 is 14.7 Å². The van der Waals surface area contributed by atoms with Crippen LogP contribution < -0.4 is 5.32 Å². The molecule has 3 heterocycles. The van der Waals surface area contributed by atoms with E-state index in [0.717, 1.165) is 30.8 Å². The van der Waals surface area contributed by atoms with Gasteiger partial charge in [-0.05, 0) is 14.0 Å². The molecule has 0 saturated heterocycles. The highest BCUT2D eigenvalue weighted by Gasteiger charge is 2.19. The SMILES string of the molecule is Cc1ccc(-c2noc(CCC(=O)Nc3nc4c(s3)CN(C)CC4)n2)cc1. The standard InChI is InChI=1S/C19H21N5O2S/c1-12-3-5-13(6-4-12)18-22-17(26-23-18)8-7-16(25)21-19-20-14-9-10-24(2)11-15(14)27-19/h3-6H,7-11H2,1-2H3,(H,20,21,25). The summed E-state index contributed by atoms with van der Waals surface area (Å²) in [6.45, 7) is 3.93. The zero-order chi connectivity index (χ0) is 18.8. The minimum Gasteiger partial charge on any atom is -0.339 e. The number of thiazole rings is 1. The van der Waals surface area contributed by atoms with Gasteiger partial charge in [-0.25, -0.2) is 4.98 Å². The topological polar surface area (TPSA) is 84.2 Å². The monoisotopic (exact) mass is 383 g/mol. The first-order valence-corrected chi connectivity index (χ1v) is 9.75. The Hall–Kier alpha value is -2.58. The number of likely N-dealkylation sites (N-methyl/N-ethyl adjacent to an activating group) is 1. The molecule has 0 aliphatic carbocycles. The number of carbonyl (C=O) groups excluding carboxylic acids is 1. The van der Waals surface area contributed by atoms with Crippen LogP contribution >= 0.6 is 11.3 Å². The van der Waals surface area contributed by atoms with Gasteiger partial charge in [0.05, 0.1) is 5.69 Å². The Labute approximate surface area is 161 Å². The highest BCUT2D eigenvalue weighted by Crippen LogP contribution is 2.27. The first kappa shape index (κ1) is 17.8. The molecule has 0 bridgehead atoms. The summed E-state index contributed by atoms with van der Waals surface area (Å²) in [5.74, 6) is 0.910. The number of aryl methyl sites for hydroxylation is 2. The van der Waals surface area contributed by atoms with Crippen LogP contribution in [0.3, 0.4) is 0 Å². The van der Waals surface area contributed by atoms with E-state index in [1.165, 1.54) is 10.4 Å². The van der Waals surface area contributed by atoms with Crippen molar-refractivity contribution in [3.05, 3.63) is 46.3 Å². The molecule has 0 spiro atoms. The molecule has 8 heteroatoms. The van der Waals surface area contributed by atoms with Crippen LogP contribution in [0.4, 0.5) is 5.13 Å². The summed E-state index contributed by atoms with van der Waals surface area (Å²) >= 11 is 1.56. The number of carbonyl (C=O) groups is 1. The first-order chi connectivity index (χ1) is 13.1. The quantitative estimate of drug-likeness (QED) is 0.729. The zero-order valence-corrected chi connectivity index (χ0v) is 16.2. The molecule has 1 amide bonds. The molecule has 0 unspecified atom stereocenters. The third-order valence-corrected chi connectivity index (χ3v) is 5.51. The highest BCUT2D eigenvalue weighted by molar-refractivity contribution is 7.15. The molecule has 3 aromatic rings. The summed E-state index contributed by atoms with van der Waals surface area (Å²) in [6.07, 6.45) is 1.61. The van der Waals surface area contributed by atoms with Crippen molar-refractivity contribution < 1.29 is 9.32 Å². The van der Waals surface area contributed by atoms with E-state index in [4.69, 9.17) is 4.52 Å². The van der Waals surface area contributed by atoms with Crippen LogP contribution in [0.1, 0.15) is 28.4 Å². The van der Waals surface area contributed by atoms with Gasteiger partial charge in [0.25, 0.3) is 0 Å². The van der Waals surface area contributed by atoms with Crippen LogP contribution in [0.15, 0.2) is 28.8 Å². The Morgan fingerprint density at radius 3 is 2.93 bits per heavy atom. The number of fused-ring (bicyclic) bond motifs is 1. The van der Waals surface area contributed by atoms with Gasteiger partial charge in [-0.3, -0.25) is 4.79 Å². The second-order valence-corrected chi connectivity index (χ2v) is 7.89. The number of amides is 1. The molecule has 1 aliphatic rings. The molecule has 140 valence electrons. The van der Waals surface area contributed by atoms with Gasteiger partial charge in [0.1, 0.15) is 0 Å². The van der Waals surface area contributed by atoms with Crippen molar-refractivity contribution in [1.29, 1.82) is 0 Å². The summed E-state index contributed by atoms with van der Waals surface area (Å²) in [4.78, 5) is 24.6. The smallest absolute Gasteiger partial charge is 0.227 e. The number of hydrogen-bond acceptors (Lipinski definition) is 7. The molecular formula is C19H21N5O2S. The predicted octanol–water partition coefficient (Wildman–Crippen LogP) is 3.06. The summed E-state index contributed by atoms with van der Waals surface area (Å²) < 4.78 is 5.27. The van der Waals surface area contributed by atoms with E-state index >= 15 is 0 Å². The lowest BCUT2D eigenvalue weighted by molar-refractivity contribution is -0.116. The van der Waals surface area contributed by atoms with Crippen LogP contribution in [0.5, 0.6) is 0 Å². The van der Waals surface area contributed by atoms with E-state index < -0.39 is 0 Å². The minimum absolute atomic E-state index is 0.0930. The molecule has 0 atom stereocenters. The van der Waals surface area contributed by atoms with Crippen molar-refractivity contribution in [3.8, 4) is 11.4 Å². The Morgan fingerprint density at radius 2 is 2.11 bits per heavy atom. The Kier molecular flexibility index (Phi) is 5.00. The van der Waals surface area contributed by atoms with Crippen molar-refractivity contribution in [2.45, 2.75) is 32.7 Å². The molecule has 0 saturated carbocycles. The van der Waals surface area contributed by atoms with Gasteiger partial charge in [-0.1, -0.05) is 35.0 Å².